The standard InChI is InChI=1S/C27H22Br2N2O2.C27H22Cl2N2O2/c2*1-4-13-33-21-10-12-25-22(15-21)26(20-8-6-19(7-9-20)17(2)3)30-27(32)31(25)16-18-5-11-23(28)24(29)14-18/h2*1,5-12,14-15,17H,13,16H2,2-3H3. The Bertz CT molecular complexity index is 3060. The van der Waals surface area contributed by atoms with Crippen LogP contribution in [0, 0.1) is 24.7 Å². The lowest BCUT2D eigenvalue weighted by atomic mass is 9.99. The highest BCUT2D eigenvalue weighted by molar-refractivity contribution is 9.13. The second-order valence-electron chi connectivity index (χ2n) is 16.1. The molecule has 0 amide bonds. The summed E-state index contributed by atoms with van der Waals surface area (Å²) >= 11 is 19.3. The number of fused-ring (bicyclic) bond motifs is 2. The fourth-order valence-corrected chi connectivity index (χ4v) is 8.38. The molecule has 0 radical (unpaired) electrons. The summed E-state index contributed by atoms with van der Waals surface area (Å²) in [6.45, 7) is 9.61. The average molecular weight is 1040 g/mol. The normalized spacial score (nSPS) is 11.0. The number of aromatic nitrogens is 4. The van der Waals surface area contributed by atoms with E-state index < -0.39 is 0 Å². The Labute approximate surface area is 410 Å². The van der Waals surface area contributed by atoms with Gasteiger partial charge in [-0.15, -0.1) is 12.8 Å². The van der Waals surface area contributed by atoms with Crippen LogP contribution in [0.2, 0.25) is 10.0 Å². The first kappa shape index (κ1) is 47.8. The van der Waals surface area contributed by atoms with Crippen LogP contribution < -0.4 is 20.9 Å². The van der Waals surface area contributed by atoms with E-state index in [1.165, 1.54) is 11.1 Å². The molecule has 6 aromatic carbocycles. The van der Waals surface area contributed by atoms with E-state index in [1.807, 2.05) is 78.9 Å². The van der Waals surface area contributed by atoms with Crippen molar-refractivity contribution in [2.24, 2.45) is 0 Å². The molecule has 66 heavy (non-hydrogen) atoms. The lowest BCUT2D eigenvalue weighted by molar-refractivity contribution is 0.371. The summed E-state index contributed by atoms with van der Waals surface area (Å²) in [5.41, 5.74) is 8.10. The summed E-state index contributed by atoms with van der Waals surface area (Å²) in [7, 11) is 0. The van der Waals surface area contributed by atoms with Gasteiger partial charge in [0.25, 0.3) is 0 Å². The molecular formula is C54H44Br2Cl2N4O4. The fourth-order valence-electron chi connectivity index (χ4n) is 7.39. The van der Waals surface area contributed by atoms with Crippen molar-refractivity contribution >= 4 is 76.9 Å². The molecular weight excluding hydrogens is 999 g/mol. The third kappa shape index (κ3) is 11.1. The number of nitrogens with zero attached hydrogens (tertiary/aromatic N) is 4. The van der Waals surface area contributed by atoms with Crippen molar-refractivity contribution in [3.05, 3.63) is 184 Å². The van der Waals surface area contributed by atoms with E-state index in [0.29, 0.717) is 57.9 Å². The van der Waals surface area contributed by atoms with E-state index in [1.54, 1.807) is 27.3 Å². The minimum atomic E-state index is -0.353. The van der Waals surface area contributed by atoms with Crippen LogP contribution in [0.3, 0.4) is 0 Å². The summed E-state index contributed by atoms with van der Waals surface area (Å²) in [6.07, 6.45) is 10.7. The van der Waals surface area contributed by atoms with Crippen LogP contribution in [0.1, 0.15) is 61.8 Å². The van der Waals surface area contributed by atoms with Gasteiger partial charge in [0.15, 0.2) is 0 Å². The number of rotatable bonds is 12. The molecule has 0 fully saturated rings. The Morgan fingerprint density at radius 2 is 1.00 bits per heavy atom. The van der Waals surface area contributed by atoms with E-state index in [9.17, 15) is 9.59 Å². The van der Waals surface area contributed by atoms with Crippen LogP contribution in [0.5, 0.6) is 11.5 Å². The highest BCUT2D eigenvalue weighted by Gasteiger charge is 2.17. The number of ether oxygens (including phenoxy) is 2. The first-order valence-electron chi connectivity index (χ1n) is 21.0. The van der Waals surface area contributed by atoms with Gasteiger partial charge in [0.1, 0.15) is 24.7 Å². The van der Waals surface area contributed by atoms with E-state index >= 15 is 0 Å². The molecule has 0 N–H and O–H groups in total. The number of halogens is 4. The predicted octanol–water partition coefficient (Wildman–Crippen LogP) is 13.3. The van der Waals surface area contributed by atoms with Gasteiger partial charge in [-0.05, 0) is 127 Å². The second-order valence-corrected chi connectivity index (χ2v) is 18.6. The minimum absolute atomic E-state index is 0.153. The maximum Gasteiger partial charge on any atom is 0.348 e. The molecule has 0 saturated heterocycles. The van der Waals surface area contributed by atoms with Crippen LogP contribution >= 0.6 is 55.1 Å². The number of hydrogen-bond acceptors (Lipinski definition) is 6. The Hall–Kier alpha value is -6.14. The smallest absolute Gasteiger partial charge is 0.348 e. The molecule has 8 aromatic rings. The maximum absolute atomic E-state index is 13.2. The van der Waals surface area contributed by atoms with Crippen LogP contribution in [0.25, 0.3) is 44.3 Å². The summed E-state index contributed by atoms with van der Waals surface area (Å²) in [5, 5.41) is 2.52. The van der Waals surface area contributed by atoms with Gasteiger partial charge in [-0.1, -0.05) is 123 Å². The van der Waals surface area contributed by atoms with Crippen molar-refractivity contribution in [1.82, 2.24) is 19.1 Å². The van der Waals surface area contributed by atoms with Gasteiger partial charge < -0.3 is 9.47 Å². The molecule has 0 spiro atoms. The maximum atomic E-state index is 13.2. The lowest BCUT2D eigenvalue weighted by Crippen LogP contribution is -2.24. The number of terminal acetylenes is 2. The van der Waals surface area contributed by atoms with Crippen LogP contribution in [0.4, 0.5) is 0 Å². The Balaban J connectivity index is 0.000000196. The van der Waals surface area contributed by atoms with Gasteiger partial charge in [0.05, 0.1) is 45.6 Å². The first-order valence-corrected chi connectivity index (χ1v) is 23.4. The molecule has 8 nitrogen and oxygen atoms in total. The van der Waals surface area contributed by atoms with E-state index in [-0.39, 0.29) is 24.6 Å². The SMILES string of the molecule is C#CCOc1ccc2c(c1)c(-c1ccc(C(C)C)cc1)nc(=O)n2Cc1ccc(Br)c(Br)c1.C#CCOc1ccc2c(c1)c(-c1ccc(C(C)C)cc1)nc(=O)n2Cc1ccc(Cl)c(Cl)c1. The lowest BCUT2D eigenvalue weighted by Gasteiger charge is -2.15. The van der Waals surface area contributed by atoms with Gasteiger partial charge in [0.2, 0.25) is 0 Å². The highest BCUT2D eigenvalue weighted by Crippen LogP contribution is 2.33. The third-order valence-electron chi connectivity index (χ3n) is 10.9. The molecule has 0 aliphatic carbocycles. The average Bonchev–Trinajstić information content (AvgIpc) is 3.31. The third-order valence-corrected chi connectivity index (χ3v) is 13.5. The van der Waals surface area contributed by atoms with E-state index in [4.69, 9.17) is 45.5 Å². The Morgan fingerprint density at radius 3 is 1.41 bits per heavy atom. The Morgan fingerprint density at radius 1 is 0.561 bits per heavy atom. The van der Waals surface area contributed by atoms with Crippen LogP contribution in [0.15, 0.2) is 140 Å². The fraction of sp³-hybridized carbons (Fsp3) is 0.185. The summed E-state index contributed by atoms with van der Waals surface area (Å²) in [5.74, 6) is 7.04. The molecule has 0 aliphatic heterocycles. The summed E-state index contributed by atoms with van der Waals surface area (Å²) in [6, 6.07) is 38.7. The topological polar surface area (TPSA) is 88.2 Å². The first-order chi connectivity index (χ1) is 31.7. The van der Waals surface area contributed by atoms with Crippen molar-refractivity contribution in [2.45, 2.75) is 52.6 Å². The van der Waals surface area contributed by atoms with Crippen molar-refractivity contribution in [1.29, 1.82) is 0 Å². The van der Waals surface area contributed by atoms with Gasteiger partial charge in [-0.2, -0.15) is 9.97 Å². The van der Waals surface area contributed by atoms with Gasteiger partial charge >= 0.3 is 11.4 Å². The van der Waals surface area contributed by atoms with Crippen molar-refractivity contribution < 1.29 is 9.47 Å². The molecule has 332 valence electrons. The molecule has 0 bridgehead atoms. The number of benzene rings is 6. The summed E-state index contributed by atoms with van der Waals surface area (Å²) in [4.78, 5) is 35.3. The molecule has 0 saturated carbocycles. The summed E-state index contributed by atoms with van der Waals surface area (Å²) < 4.78 is 16.5. The second kappa shape index (κ2) is 21.4. The van der Waals surface area contributed by atoms with Crippen LogP contribution in [-0.4, -0.2) is 32.3 Å². The highest BCUT2D eigenvalue weighted by atomic mass is 79.9. The Kier molecular flexibility index (Phi) is 15.5. The molecule has 0 aliphatic rings. The van der Waals surface area contributed by atoms with Crippen molar-refractivity contribution in [2.75, 3.05) is 13.2 Å². The zero-order chi connectivity index (χ0) is 47.1. The molecule has 2 heterocycles. The quantitative estimate of drug-likeness (QED) is 0.113. The largest absolute Gasteiger partial charge is 0.481 e. The van der Waals surface area contributed by atoms with E-state index in [0.717, 1.165) is 53.0 Å². The minimum Gasteiger partial charge on any atom is -0.481 e. The van der Waals surface area contributed by atoms with E-state index in [2.05, 4.69) is 106 Å². The van der Waals surface area contributed by atoms with Gasteiger partial charge in [-0.25, -0.2) is 9.59 Å². The van der Waals surface area contributed by atoms with Crippen LogP contribution in [-0.2, 0) is 13.1 Å². The van der Waals surface area contributed by atoms with Crippen molar-refractivity contribution in [3.63, 3.8) is 0 Å². The van der Waals surface area contributed by atoms with Gasteiger partial charge in [0, 0.05) is 30.8 Å². The monoisotopic (exact) mass is 1040 g/mol. The molecule has 12 heteroatoms. The zero-order valence-electron chi connectivity index (χ0n) is 36.6. The predicted molar refractivity (Wildman–Crippen MR) is 276 cm³/mol. The van der Waals surface area contributed by atoms with Gasteiger partial charge in [-0.3, -0.25) is 9.13 Å². The molecule has 0 atom stereocenters. The zero-order valence-corrected chi connectivity index (χ0v) is 41.3. The molecule has 8 rings (SSSR count). The molecule has 0 unspecified atom stereocenters. The molecule has 2 aromatic heterocycles. The number of hydrogen-bond donors (Lipinski definition) is 0. The van der Waals surface area contributed by atoms with Crippen molar-refractivity contribution in [3.8, 4) is 58.7 Å².